The van der Waals surface area contributed by atoms with Gasteiger partial charge < -0.3 is 10.1 Å². The molecule has 0 saturated heterocycles. The number of hydrogen-bond acceptors (Lipinski definition) is 6. The van der Waals surface area contributed by atoms with Crippen LogP contribution in [0.1, 0.15) is 26.5 Å². The number of hydrogen-bond donors (Lipinski definition) is 1. The lowest BCUT2D eigenvalue weighted by molar-refractivity contribution is -0.115. The molecule has 1 amide bonds. The Kier molecular flexibility index (Phi) is 6.23. The second-order valence-corrected chi connectivity index (χ2v) is 7.03. The molecule has 122 valence electrons. The van der Waals surface area contributed by atoms with Gasteiger partial charge in [-0.25, -0.2) is 4.79 Å². The van der Waals surface area contributed by atoms with Gasteiger partial charge >= 0.3 is 5.97 Å². The monoisotopic (exact) mass is 406 g/mol. The van der Waals surface area contributed by atoms with Gasteiger partial charge in [-0.2, -0.15) is 5.26 Å². The van der Waals surface area contributed by atoms with E-state index in [1.165, 1.54) is 35.6 Å². The van der Waals surface area contributed by atoms with Crippen LogP contribution in [0.2, 0.25) is 0 Å². The van der Waals surface area contributed by atoms with Gasteiger partial charge in [0.15, 0.2) is 6.61 Å². The zero-order chi connectivity index (χ0) is 17.5. The molecule has 1 aromatic heterocycles. The number of ketones is 1. The lowest BCUT2D eigenvalue weighted by Crippen LogP contribution is -2.14. The second kappa shape index (κ2) is 8.38. The summed E-state index contributed by atoms with van der Waals surface area (Å²) >= 11 is 4.53. The molecule has 0 saturated carbocycles. The maximum atomic E-state index is 11.9. The molecule has 0 aliphatic heterocycles. The molecule has 0 bridgehead atoms. The number of ether oxygens (including phenoxy) is 1. The zero-order valence-electron chi connectivity index (χ0n) is 12.2. The van der Waals surface area contributed by atoms with Crippen molar-refractivity contribution < 1.29 is 19.1 Å². The first-order valence-electron chi connectivity index (χ1n) is 6.72. The summed E-state index contributed by atoms with van der Waals surface area (Å²) in [4.78, 5) is 35.6. The summed E-state index contributed by atoms with van der Waals surface area (Å²) in [6, 6.07) is 11.1. The SMILES string of the molecule is N#CCC(=O)Nc1ccc(C(=O)OCC(=O)c2ccc(Br)s2)cc1. The Balaban J connectivity index is 1.89. The number of thiophene rings is 1. The fraction of sp³-hybridized carbons (Fsp3) is 0.125. The maximum absolute atomic E-state index is 11.9. The number of benzene rings is 1. The number of carbonyl (C=O) groups excluding carboxylic acids is 3. The van der Waals surface area contributed by atoms with Crippen molar-refractivity contribution >= 4 is 50.6 Å². The van der Waals surface area contributed by atoms with E-state index in [9.17, 15) is 14.4 Å². The van der Waals surface area contributed by atoms with Crippen molar-refractivity contribution in [3.8, 4) is 6.07 Å². The number of anilines is 1. The third kappa shape index (κ3) is 5.01. The number of nitriles is 1. The molecule has 0 fully saturated rings. The fourth-order valence-corrected chi connectivity index (χ4v) is 3.03. The van der Waals surface area contributed by atoms with Crippen molar-refractivity contribution in [3.63, 3.8) is 0 Å². The zero-order valence-corrected chi connectivity index (χ0v) is 14.6. The topological polar surface area (TPSA) is 96.3 Å². The van der Waals surface area contributed by atoms with Crippen LogP contribution in [0.3, 0.4) is 0 Å². The van der Waals surface area contributed by atoms with Crippen LogP contribution in [-0.2, 0) is 9.53 Å². The van der Waals surface area contributed by atoms with Crippen molar-refractivity contribution in [2.45, 2.75) is 6.42 Å². The van der Waals surface area contributed by atoms with Gasteiger partial charge in [0.25, 0.3) is 0 Å². The van der Waals surface area contributed by atoms with Gasteiger partial charge in [0.05, 0.1) is 20.3 Å². The van der Waals surface area contributed by atoms with E-state index in [1.54, 1.807) is 18.2 Å². The molecule has 1 aromatic carbocycles. The molecule has 8 heteroatoms. The van der Waals surface area contributed by atoms with Crippen molar-refractivity contribution in [1.82, 2.24) is 0 Å². The number of amides is 1. The first kappa shape index (κ1) is 17.8. The van der Waals surface area contributed by atoms with Crippen LogP contribution in [0, 0.1) is 11.3 Å². The number of nitrogens with one attached hydrogen (secondary N) is 1. The lowest BCUT2D eigenvalue weighted by atomic mass is 10.2. The molecule has 0 atom stereocenters. The number of rotatable bonds is 6. The highest BCUT2D eigenvalue weighted by molar-refractivity contribution is 9.11. The summed E-state index contributed by atoms with van der Waals surface area (Å²) in [7, 11) is 0. The summed E-state index contributed by atoms with van der Waals surface area (Å²) in [5, 5.41) is 10.9. The van der Waals surface area contributed by atoms with E-state index < -0.39 is 11.9 Å². The van der Waals surface area contributed by atoms with E-state index in [0.29, 0.717) is 10.6 Å². The van der Waals surface area contributed by atoms with E-state index in [-0.39, 0.29) is 24.4 Å². The highest BCUT2D eigenvalue weighted by atomic mass is 79.9. The molecule has 1 N–H and O–H groups in total. The van der Waals surface area contributed by atoms with Crippen LogP contribution in [0.5, 0.6) is 0 Å². The van der Waals surface area contributed by atoms with Crippen LogP contribution < -0.4 is 5.32 Å². The number of carbonyl (C=O) groups is 3. The van der Waals surface area contributed by atoms with Gasteiger partial charge in [0.1, 0.15) is 6.42 Å². The molecule has 0 radical (unpaired) electrons. The Morgan fingerprint density at radius 2 is 1.88 bits per heavy atom. The van der Waals surface area contributed by atoms with Crippen LogP contribution >= 0.6 is 27.3 Å². The number of nitrogens with zero attached hydrogens (tertiary/aromatic N) is 1. The summed E-state index contributed by atoms with van der Waals surface area (Å²) in [5.41, 5.74) is 0.722. The number of halogens is 1. The predicted molar refractivity (Wildman–Crippen MR) is 91.9 cm³/mol. The molecule has 2 aromatic rings. The molecule has 0 aliphatic rings. The molecular weight excluding hydrogens is 396 g/mol. The van der Waals surface area contributed by atoms with E-state index in [4.69, 9.17) is 10.00 Å². The minimum Gasteiger partial charge on any atom is -0.454 e. The molecular formula is C16H11BrN2O4S. The molecule has 0 unspecified atom stereocenters. The predicted octanol–water partition coefficient (Wildman–Crippen LogP) is 3.40. The van der Waals surface area contributed by atoms with E-state index in [1.807, 2.05) is 0 Å². The smallest absolute Gasteiger partial charge is 0.338 e. The van der Waals surface area contributed by atoms with Crippen molar-refractivity contribution in [2.24, 2.45) is 0 Å². The summed E-state index contributed by atoms with van der Waals surface area (Å²) in [5.74, 6) is -1.34. The Morgan fingerprint density at radius 3 is 2.46 bits per heavy atom. The van der Waals surface area contributed by atoms with Crippen LogP contribution in [-0.4, -0.2) is 24.3 Å². The van der Waals surface area contributed by atoms with Crippen molar-refractivity contribution in [2.75, 3.05) is 11.9 Å². The Hall–Kier alpha value is -2.50. The Morgan fingerprint density at radius 1 is 1.17 bits per heavy atom. The molecule has 0 spiro atoms. The average molecular weight is 407 g/mol. The third-order valence-electron chi connectivity index (χ3n) is 2.83. The average Bonchev–Trinajstić information content (AvgIpc) is 3.00. The third-order valence-corrected chi connectivity index (χ3v) is 4.49. The molecule has 1 heterocycles. The van der Waals surface area contributed by atoms with Gasteiger partial charge in [-0.3, -0.25) is 9.59 Å². The molecule has 6 nitrogen and oxygen atoms in total. The van der Waals surface area contributed by atoms with Gasteiger partial charge in [-0.1, -0.05) is 0 Å². The normalized spacial score (nSPS) is 9.83. The number of esters is 1. The van der Waals surface area contributed by atoms with E-state index in [2.05, 4.69) is 21.2 Å². The van der Waals surface area contributed by atoms with Crippen LogP contribution in [0.25, 0.3) is 0 Å². The fourth-order valence-electron chi connectivity index (χ4n) is 1.72. The number of Topliss-reactive ketones (excluding diaryl/α,β-unsaturated/α-hetero) is 1. The summed E-state index contributed by atoms with van der Waals surface area (Å²) in [6.45, 7) is -0.341. The van der Waals surface area contributed by atoms with E-state index >= 15 is 0 Å². The van der Waals surface area contributed by atoms with Crippen molar-refractivity contribution in [3.05, 3.63) is 50.6 Å². The van der Waals surface area contributed by atoms with Gasteiger partial charge in [-0.15, -0.1) is 11.3 Å². The Bertz CT molecular complexity index is 808. The minimum absolute atomic E-state index is 0.245. The van der Waals surface area contributed by atoms with Gasteiger partial charge in [0.2, 0.25) is 11.7 Å². The largest absolute Gasteiger partial charge is 0.454 e. The summed E-state index contributed by atoms with van der Waals surface area (Å²) < 4.78 is 5.81. The van der Waals surface area contributed by atoms with Crippen LogP contribution in [0.4, 0.5) is 5.69 Å². The minimum atomic E-state index is -0.631. The standard InChI is InChI=1S/C16H11BrN2O4S/c17-14-6-5-13(24-14)12(20)9-23-16(22)10-1-3-11(4-2-10)19-15(21)7-8-18/h1-6H,7,9H2,(H,19,21). The maximum Gasteiger partial charge on any atom is 0.338 e. The summed E-state index contributed by atoms with van der Waals surface area (Å²) in [6.07, 6.45) is -0.245. The highest BCUT2D eigenvalue weighted by Crippen LogP contribution is 2.22. The second-order valence-electron chi connectivity index (χ2n) is 4.56. The first-order valence-corrected chi connectivity index (χ1v) is 8.33. The molecule has 24 heavy (non-hydrogen) atoms. The van der Waals surface area contributed by atoms with Crippen LogP contribution in [0.15, 0.2) is 40.2 Å². The van der Waals surface area contributed by atoms with E-state index in [0.717, 1.165) is 3.79 Å². The van der Waals surface area contributed by atoms with Crippen molar-refractivity contribution in [1.29, 1.82) is 5.26 Å². The highest BCUT2D eigenvalue weighted by Gasteiger charge is 2.13. The quantitative estimate of drug-likeness (QED) is 0.585. The van der Waals surface area contributed by atoms with Gasteiger partial charge in [0, 0.05) is 5.69 Å². The first-order chi connectivity index (χ1) is 11.5. The molecule has 0 aliphatic carbocycles. The Labute approximate surface area is 150 Å². The van der Waals surface area contributed by atoms with Gasteiger partial charge in [-0.05, 0) is 52.3 Å². The lowest BCUT2D eigenvalue weighted by Gasteiger charge is -2.05. The molecule has 2 rings (SSSR count).